The third-order valence-corrected chi connectivity index (χ3v) is 5.40. The first kappa shape index (κ1) is 19.4. The van der Waals surface area contributed by atoms with E-state index < -0.39 is 5.92 Å². The van der Waals surface area contributed by atoms with Gasteiger partial charge in [-0.2, -0.15) is 0 Å². The van der Waals surface area contributed by atoms with E-state index in [4.69, 9.17) is 14.4 Å². The van der Waals surface area contributed by atoms with Crippen molar-refractivity contribution in [3.05, 3.63) is 84.3 Å². The third kappa shape index (κ3) is 4.03. The lowest BCUT2D eigenvalue weighted by atomic mass is 10.0. The Kier molecular flexibility index (Phi) is 4.94. The molecule has 0 amide bonds. The van der Waals surface area contributed by atoms with Crippen LogP contribution in [-0.2, 0) is 0 Å². The minimum atomic E-state index is -2.64. The van der Waals surface area contributed by atoms with Crippen molar-refractivity contribution in [2.45, 2.75) is 18.8 Å². The van der Waals surface area contributed by atoms with Gasteiger partial charge in [-0.25, -0.2) is 23.7 Å². The second kappa shape index (κ2) is 7.91. The van der Waals surface area contributed by atoms with Crippen LogP contribution in [0.1, 0.15) is 24.0 Å². The summed E-state index contributed by atoms with van der Waals surface area (Å²) in [5, 5.41) is 0. The van der Waals surface area contributed by atoms with E-state index in [1.165, 1.54) is 6.39 Å². The molecule has 31 heavy (non-hydrogen) atoms. The van der Waals surface area contributed by atoms with Gasteiger partial charge in [-0.05, 0) is 0 Å². The normalized spacial score (nSPS) is 15.7. The van der Waals surface area contributed by atoms with Gasteiger partial charge in [-0.15, -0.1) is 0 Å². The van der Waals surface area contributed by atoms with E-state index in [0.717, 1.165) is 16.8 Å². The molecule has 7 heteroatoms. The molecule has 1 saturated heterocycles. The number of fused-ring (bicyclic) bond motifs is 1. The van der Waals surface area contributed by atoms with Crippen LogP contribution in [0.3, 0.4) is 0 Å². The minimum Gasteiger partial charge on any atom is -0.443 e. The van der Waals surface area contributed by atoms with Gasteiger partial charge >= 0.3 is 0 Å². The number of hydrogen-bond acceptors (Lipinski definition) is 5. The highest BCUT2D eigenvalue weighted by Gasteiger charge is 2.35. The van der Waals surface area contributed by atoms with Gasteiger partial charge in [0.25, 0.3) is 5.92 Å². The summed E-state index contributed by atoms with van der Waals surface area (Å²) in [6.45, 7) is 0.415. The van der Waals surface area contributed by atoms with Crippen molar-refractivity contribution in [2.24, 2.45) is 4.99 Å². The molecule has 0 bridgehead atoms. The van der Waals surface area contributed by atoms with E-state index in [1.54, 1.807) is 6.07 Å². The van der Waals surface area contributed by atoms with Crippen LogP contribution in [0.5, 0.6) is 0 Å². The van der Waals surface area contributed by atoms with E-state index in [1.807, 2.05) is 65.6 Å². The Labute approximate surface area is 178 Å². The lowest BCUT2D eigenvalue weighted by molar-refractivity contribution is -0.0221. The average molecular weight is 418 g/mol. The predicted octanol–water partition coefficient (Wildman–Crippen LogP) is 5.63. The number of aliphatic imine (C=N–C) groups is 1. The van der Waals surface area contributed by atoms with Gasteiger partial charge in [0.2, 0.25) is 0 Å². The Bertz CT molecular complexity index is 1170. The molecule has 1 aliphatic heterocycles. The van der Waals surface area contributed by atoms with Crippen molar-refractivity contribution in [1.82, 2.24) is 9.97 Å². The lowest BCUT2D eigenvalue weighted by Crippen LogP contribution is -2.39. The van der Waals surface area contributed by atoms with Crippen LogP contribution >= 0.6 is 0 Å². The van der Waals surface area contributed by atoms with Gasteiger partial charge < -0.3 is 9.32 Å². The number of anilines is 1. The molecule has 0 N–H and O–H groups in total. The van der Waals surface area contributed by atoms with Gasteiger partial charge in [0.1, 0.15) is 0 Å². The molecule has 0 aliphatic carbocycles. The number of pyridine rings is 1. The predicted molar refractivity (Wildman–Crippen MR) is 116 cm³/mol. The van der Waals surface area contributed by atoms with E-state index in [-0.39, 0.29) is 25.9 Å². The van der Waals surface area contributed by atoms with Crippen LogP contribution in [-0.4, -0.2) is 34.7 Å². The molecule has 0 unspecified atom stereocenters. The zero-order valence-electron chi connectivity index (χ0n) is 16.7. The number of oxazole rings is 1. The summed E-state index contributed by atoms with van der Waals surface area (Å²) in [5.41, 5.74) is 3.76. The number of halogens is 2. The molecule has 0 spiro atoms. The van der Waals surface area contributed by atoms with Gasteiger partial charge in [0, 0.05) is 43.1 Å². The summed E-state index contributed by atoms with van der Waals surface area (Å²) in [6, 6.07) is 21.4. The topological polar surface area (TPSA) is 54.5 Å². The Balaban J connectivity index is 1.61. The minimum absolute atomic E-state index is 0.208. The summed E-state index contributed by atoms with van der Waals surface area (Å²) in [6.07, 6.45) is 0.929. The Morgan fingerprint density at radius 3 is 2.16 bits per heavy atom. The van der Waals surface area contributed by atoms with Crippen LogP contribution in [0.15, 0.2) is 82.5 Å². The molecule has 2 aromatic heterocycles. The van der Waals surface area contributed by atoms with Crippen molar-refractivity contribution < 1.29 is 13.2 Å². The van der Waals surface area contributed by atoms with Crippen LogP contribution in [0.4, 0.5) is 20.4 Å². The van der Waals surface area contributed by atoms with Crippen molar-refractivity contribution in [3.8, 4) is 0 Å². The molecule has 5 rings (SSSR count). The number of alkyl halides is 2. The first-order valence-corrected chi connectivity index (χ1v) is 10.2. The first-order valence-electron chi connectivity index (χ1n) is 10.2. The fourth-order valence-corrected chi connectivity index (χ4v) is 3.76. The second-order valence-corrected chi connectivity index (χ2v) is 7.54. The number of aromatic nitrogens is 2. The smallest absolute Gasteiger partial charge is 0.251 e. The number of piperidine rings is 1. The quantitative estimate of drug-likeness (QED) is 0.403. The number of hydrogen-bond donors (Lipinski definition) is 0. The maximum absolute atomic E-state index is 13.7. The van der Waals surface area contributed by atoms with Crippen molar-refractivity contribution in [3.63, 3.8) is 0 Å². The Hall–Kier alpha value is -3.61. The molecule has 2 aromatic carbocycles. The second-order valence-electron chi connectivity index (χ2n) is 7.54. The van der Waals surface area contributed by atoms with Gasteiger partial charge in [0.05, 0.1) is 5.71 Å². The highest BCUT2D eigenvalue weighted by Crippen LogP contribution is 2.34. The van der Waals surface area contributed by atoms with Crippen molar-refractivity contribution >= 4 is 28.4 Å². The summed E-state index contributed by atoms with van der Waals surface area (Å²) < 4.78 is 32.9. The maximum atomic E-state index is 13.7. The van der Waals surface area contributed by atoms with E-state index >= 15 is 0 Å². The lowest BCUT2D eigenvalue weighted by Gasteiger charge is -2.32. The molecule has 0 atom stereocenters. The van der Waals surface area contributed by atoms with E-state index in [2.05, 4.69) is 4.98 Å². The molecule has 1 fully saturated rings. The SMILES string of the molecule is FC1(F)CCN(c2nc(N=C(c3ccccc3)c3ccccc3)cc3ocnc23)CC1. The third-order valence-electron chi connectivity index (χ3n) is 5.40. The highest BCUT2D eigenvalue weighted by atomic mass is 19.3. The zero-order chi connectivity index (χ0) is 21.3. The Morgan fingerprint density at radius 2 is 1.55 bits per heavy atom. The molecular weight excluding hydrogens is 398 g/mol. The van der Waals surface area contributed by atoms with E-state index in [9.17, 15) is 8.78 Å². The molecule has 0 saturated carbocycles. The molecule has 3 heterocycles. The largest absolute Gasteiger partial charge is 0.443 e. The molecule has 156 valence electrons. The fraction of sp³-hybridized carbons (Fsp3) is 0.208. The van der Waals surface area contributed by atoms with Gasteiger partial charge in [-0.3, -0.25) is 0 Å². The number of benzene rings is 2. The molecule has 1 aliphatic rings. The van der Waals surface area contributed by atoms with Crippen LogP contribution in [0.25, 0.3) is 11.1 Å². The average Bonchev–Trinajstić information content (AvgIpc) is 3.27. The summed E-state index contributed by atoms with van der Waals surface area (Å²) in [5.74, 6) is -1.66. The summed E-state index contributed by atoms with van der Waals surface area (Å²) in [4.78, 5) is 15.7. The molecular formula is C24H20F2N4O. The maximum Gasteiger partial charge on any atom is 0.251 e. The van der Waals surface area contributed by atoms with Crippen LogP contribution in [0.2, 0.25) is 0 Å². The summed E-state index contributed by atoms with van der Waals surface area (Å²) >= 11 is 0. The first-order chi connectivity index (χ1) is 15.1. The summed E-state index contributed by atoms with van der Waals surface area (Å²) in [7, 11) is 0. The van der Waals surface area contributed by atoms with Crippen LogP contribution in [0, 0.1) is 0 Å². The number of rotatable bonds is 4. The number of nitrogens with zero attached hydrogens (tertiary/aromatic N) is 4. The molecule has 4 aromatic rings. The fourth-order valence-electron chi connectivity index (χ4n) is 3.76. The van der Waals surface area contributed by atoms with Gasteiger partial charge in [-0.1, -0.05) is 60.7 Å². The van der Waals surface area contributed by atoms with Crippen LogP contribution < -0.4 is 4.90 Å². The molecule has 5 nitrogen and oxygen atoms in total. The standard InChI is InChI=1S/C24H20F2N4O/c25-24(26)11-13-30(14-12-24)23-22-19(31-16-27-22)15-20(29-23)28-21(17-7-3-1-4-8-17)18-9-5-2-6-10-18/h1-10,15-16H,11-14H2. The zero-order valence-corrected chi connectivity index (χ0v) is 16.7. The van der Waals surface area contributed by atoms with Gasteiger partial charge in [0.15, 0.2) is 29.1 Å². The monoisotopic (exact) mass is 418 g/mol. The van der Waals surface area contributed by atoms with E-state index in [0.29, 0.717) is 22.7 Å². The molecule has 0 radical (unpaired) electrons. The highest BCUT2D eigenvalue weighted by molar-refractivity contribution is 6.14. The van der Waals surface area contributed by atoms with Crippen molar-refractivity contribution in [2.75, 3.05) is 18.0 Å². The Morgan fingerprint density at radius 1 is 0.935 bits per heavy atom. The van der Waals surface area contributed by atoms with Crippen molar-refractivity contribution in [1.29, 1.82) is 0 Å².